The largest absolute Gasteiger partial charge is 0.399 e. The van der Waals surface area contributed by atoms with Crippen LogP contribution in [0.3, 0.4) is 0 Å². The Bertz CT molecular complexity index is 571. The van der Waals surface area contributed by atoms with Crippen LogP contribution in [0.25, 0.3) is 0 Å². The van der Waals surface area contributed by atoms with Crippen LogP contribution in [0, 0.1) is 0 Å². The van der Waals surface area contributed by atoms with Crippen molar-refractivity contribution in [1.82, 2.24) is 9.88 Å². The average molecular weight is 270 g/mol. The summed E-state index contributed by atoms with van der Waals surface area (Å²) in [7, 11) is 1.90. The number of nitrogens with two attached hydrogens (primary N) is 1. The highest BCUT2D eigenvalue weighted by molar-refractivity contribution is 5.92. The molecule has 0 saturated heterocycles. The van der Waals surface area contributed by atoms with Crippen molar-refractivity contribution in [2.24, 2.45) is 0 Å². The Morgan fingerprint density at radius 3 is 2.75 bits per heavy atom. The Balaban J connectivity index is 1.85. The average Bonchev–Trinajstić information content (AvgIpc) is 2.39. The first-order valence-corrected chi connectivity index (χ1v) is 6.36. The van der Waals surface area contributed by atoms with Gasteiger partial charge in [0.25, 0.3) is 0 Å². The fraction of sp³-hybridized carbons (Fsp3) is 0.200. The van der Waals surface area contributed by atoms with E-state index in [1.54, 1.807) is 24.5 Å². The first kappa shape index (κ1) is 14.0. The molecule has 1 heterocycles. The second kappa shape index (κ2) is 6.68. The van der Waals surface area contributed by atoms with E-state index in [0.717, 1.165) is 5.56 Å². The number of benzene rings is 1. The second-order valence-corrected chi connectivity index (χ2v) is 4.70. The molecular weight excluding hydrogens is 252 g/mol. The lowest BCUT2D eigenvalue weighted by Gasteiger charge is -2.16. The lowest BCUT2D eigenvalue weighted by atomic mass is 10.2. The Morgan fingerprint density at radius 2 is 2.05 bits per heavy atom. The molecule has 20 heavy (non-hydrogen) atoms. The van der Waals surface area contributed by atoms with Gasteiger partial charge in [0.05, 0.1) is 6.54 Å². The first-order chi connectivity index (χ1) is 9.63. The van der Waals surface area contributed by atoms with E-state index in [1.165, 1.54) is 0 Å². The first-order valence-electron chi connectivity index (χ1n) is 6.36. The highest BCUT2D eigenvalue weighted by Gasteiger charge is 2.07. The molecule has 0 fully saturated rings. The number of hydrogen-bond acceptors (Lipinski definition) is 4. The maximum absolute atomic E-state index is 11.9. The molecular formula is C15H18N4O. The van der Waals surface area contributed by atoms with Crippen LogP contribution in [-0.4, -0.2) is 29.4 Å². The van der Waals surface area contributed by atoms with Gasteiger partial charge in [0.1, 0.15) is 0 Å². The van der Waals surface area contributed by atoms with Gasteiger partial charge in [0.15, 0.2) is 0 Å². The summed E-state index contributed by atoms with van der Waals surface area (Å²) in [5, 5.41) is 2.83. The van der Waals surface area contributed by atoms with Gasteiger partial charge >= 0.3 is 0 Å². The number of anilines is 2. The lowest BCUT2D eigenvalue weighted by Crippen LogP contribution is -2.29. The predicted molar refractivity (Wildman–Crippen MR) is 80.1 cm³/mol. The summed E-state index contributed by atoms with van der Waals surface area (Å²) < 4.78 is 0. The highest BCUT2D eigenvalue weighted by Crippen LogP contribution is 2.11. The van der Waals surface area contributed by atoms with E-state index >= 15 is 0 Å². The summed E-state index contributed by atoms with van der Waals surface area (Å²) in [6, 6.07) is 11.0. The van der Waals surface area contributed by atoms with Crippen LogP contribution in [0.2, 0.25) is 0 Å². The maximum atomic E-state index is 11.9. The van der Waals surface area contributed by atoms with Gasteiger partial charge in [-0.3, -0.25) is 14.7 Å². The van der Waals surface area contributed by atoms with E-state index in [9.17, 15) is 4.79 Å². The number of pyridine rings is 1. The van der Waals surface area contributed by atoms with Gasteiger partial charge in [-0.25, -0.2) is 0 Å². The van der Waals surface area contributed by atoms with Crippen molar-refractivity contribution < 1.29 is 4.79 Å². The zero-order chi connectivity index (χ0) is 14.4. The van der Waals surface area contributed by atoms with E-state index in [-0.39, 0.29) is 5.91 Å². The molecule has 2 aromatic rings. The molecule has 0 aliphatic rings. The van der Waals surface area contributed by atoms with Gasteiger partial charge in [0.2, 0.25) is 5.91 Å². The van der Waals surface area contributed by atoms with E-state index in [2.05, 4.69) is 10.3 Å². The van der Waals surface area contributed by atoms with Crippen molar-refractivity contribution in [2.45, 2.75) is 6.54 Å². The topological polar surface area (TPSA) is 71.2 Å². The zero-order valence-electron chi connectivity index (χ0n) is 11.4. The number of rotatable bonds is 5. The van der Waals surface area contributed by atoms with Crippen LogP contribution in [-0.2, 0) is 11.3 Å². The molecule has 0 radical (unpaired) electrons. The SMILES string of the molecule is CN(CC(=O)Nc1cccc(N)c1)Cc1ccncc1. The number of nitrogens with zero attached hydrogens (tertiary/aromatic N) is 2. The number of likely N-dealkylation sites (N-methyl/N-ethyl adjacent to an activating group) is 1. The Hall–Kier alpha value is -2.40. The fourth-order valence-electron chi connectivity index (χ4n) is 1.92. The third-order valence-corrected chi connectivity index (χ3v) is 2.79. The molecule has 104 valence electrons. The Labute approximate surface area is 118 Å². The maximum Gasteiger partial charge on any atom is 0.238 e. The molecule has 0 atom stereocenters. The smallest absolute Gasteiger partial charge is 0.238 e. The van der Waals surface area contributed by atoms with Gasteiger partial charge in [-0.1, -0.05) is 6.07 Å². The van der Waals surface area contributed by atoms with Gasteiger partial charge in [-0.15, -0.1) is 0 Å². The van der Waals surface area contributed by atoms with Crippen LogP contribution in [0.4, 0.5) is 11.4 Å². The second-order valence-electron chi connectivity index (χ2n) is 4.70. The number of nitrogens with one attached hydrogen (secondary N) is 1. The summed E-state index contributed by atoms with van der Waals surface area (Å²) in [5.74, 6) is -0.0628. The number of nitrogen functional groups attached to an aromatic ring is 1. The summed E-state index contributed by atoms with van der Waals surface area (Å²) in [5.41, 5.74) is 8.14. The van der Waals surface area contributed by atoms with Crippen molar-refractivity contribution in [3.05, 3.63) is 54.4 Å². The highest BCUT2D eigenvalue weighted by atomic mass is 16.2. The molecule has 1 amide bonds. The molecule has 0 spiro atoms. The molecule has 5 nitrogen and oxygen atoms in total. The molecule has 1 aromatic heterocycles. The van der Waals surface area contributed by atoms with Gasteiger partial charge in [-0.2, -0.15) is 0 Å². The summed E-state index contributed by atoms with van der Waals surface area (Å²) in [4.78, 5) is 17.8. The van der Waals surface area contributed by atoms with Crippen LogP contribution < -0.4 is 11.1 Å². The number of amides is 1. The summed E-state index contributed by atoms with van der Waals surface area (Å²) in [6.07, 6.45) is 3.49. The molecule has 0 unspecified atom stereocenters. The monoisotopic (exact) mass is 270 g/mol. The minimum Gasteiger partial charge on any atom is -0.399 e. The molecule has 5 heteroatoms. The van der Waals surface area contributed by atoms with Crippen molar-refractivity contribution in [1.29, 1.82) is 0 Å². The van der Waals surface area contributed by atoms with Gasteiger partial charge in [0, 0.05) is 30.3 Å². The van der Waals surface area contributed by atoms with Crippen molar-refractivity contribution >= 4 is 17.3 Å². The van der Waals surface area contributed by atoms with Crippen molar-refractivity contribution in [3.8, 4) is 0 Å². The predicted octanol–water partition coefficient (Wildman–Crippen LogP) is 1.73. The molecule has 0 aliphatic heterocycles. The van der Waals surface area contributed by atoms with E-state index in [1.807, 2.05) is 36.2 Å². The zero-order valence-corrected chi connectivity index (χ0v) is 11.4. The standard InChI is InChI=1S/C15H18N4O/c1-19(10-12-5-7-17-8-6-12)11-15(20)18-14-4-2-3-13(16)9-14/h2-9H,10-11,16H2,1H3,(H,18,20). The quantitative estimate of drug-likeness (QED) is 0.812. The van der Waals surface area contributed by atoms with Gasteiger partial charge < -0.3 is 11.1 Å². The fourth-order valence-corrected chi connectivity index (χ4v) is 1.92. The summed E-state index contributed by atoms with van der Waals surface area (Å²) >= 11 is 0. The van der Waals surface area contributed by atoms with Crippen molar-refractivity contribution in [2.75, 3.05) is 24.6 Å². The molecule has 0 saturated carbocycles. The minimum atomic E-state index is -0.0628. The normalized spacial score (nSPS) is 10.5. The number of hydrogen-bond donors (Lipinski definition) is 2. The third-order valence-electron chi connectivity index (χ3n) is 2.79. The minimum absolute atomic E-state index is 0.0628. The number of carbonyl (C=O) groups is 1. The molecule has 3 N–H and O–H groups in total. The van der Waals surface area contributed by atoms with Crippen LogP contribution in [0.15, 0.2) is 48.8 Å². The van der Waals surface area contributed by atoms with Gasteiger partial charge in [-0.05, 0) is 42.9 Å². The summed E-state index contributed by atoms with van der Waals surface area (Å²) in [6.45, 7) is 1.02. The van der Waals surface area contributed by atoms with Crippen LogP contribution in [0.5, 0.6) is 0 Å². The Kier molecular flexibility index (Phi) is 4.68. The number of aromatic nitrogens is 1. The number of carbonyl (C=O) groups excluding carboxylic acids is 1. The molecule has 0 bridgehead atoms. The van der Waals surface area contributed by atoms with E-state index < -0.39 is 0 Å². The third kappa shape index (κ3) is 4.37. The van der Waals surface area contributed by atoms with E-state index in [0.29, 0.717) is 24.5 Å². The lowest BCUT2D eigenvalue weighted by molar-refractivity contribution is -0.117. The van der Waals surface area contributed by atoms with Crippen LogP contribution >= 0.6 is 0 Å². The Morgan fingerprint density at radius 1 is 1.30 bits per heavy atom. The van der Waals surface area contributed by atoms with Crippen LogP contribution in [0.1, 0.15) is 5.56 Å². The van der Waals surface area contributed by atoms with Crippen molar-refractivity contribution in [3.63, 3.8) is 0 Å². The van der Waals surface area contributed by atoms with E-state index in [4.69, 9.17) is 5.73 Å². The molecule has 2 rings (SSSR count). The molecule has 0 aliphatic carbocycles. The molecule has 1 aromatic carbocycles.